The quantitative estimate of drug-likeness (QED) is 0.587. The van der Waals surface area contributed by atoms with Gasteiger partial charge >= 0.3 is 6.09 Å². The Morgan fingerprint density at radius 3 is 2.70 bits per heavy atom. The minimum Gasteiger partial charge on any atom is -0.465 e. The maximum atomic E-state index is 10.5. The molecule has 3 nitrogen and oxygen atoms in total. The van der Waals surface area contributed by atoms with Gasteiger partial charge in [-0.05, 0) is 19.3 Å². The van der Waals surface area contributed by atoms with Gasteiger partial charge in [-0.2, -0.15) is 0 Å². The third-order valence-electron chi connectivity index (χ3n) is 1.39. The molecule has 0 aromatic heterocycles. The smallest absolute Gasteiger partial charge is 0.412 e. The molecule has 0 aromatic rings. The standard InChI is InChI=1S/C6H9NO2S/c1-4-3-10-5(2)7(4)6(8)9/h3,5H,1-2H3,(H,8,9). The van der Waals surface area contributed by atoms with E-state index in [-0.39, 0.29) is 5.37 Å². The van der Waals surface area contributed by atoms with Crippen LogP contribution in [0.25, 0.3) is 0 Å². The predicted molar refractivity (Wildman–Crippen MR) is 40.7 cm³/mol. The van der Waals surface area contributed by atoms with E-state index in [1.165, 1.54) is 16.7 Å². The van der Waals surface area contributed by atoms with Crippen molar-refractivity contribution in [1.29, 1.82) is 0 Å². The minimum atomic E-state index is -0.869. The lowest BCUT2D eigenvalue weighted by Crippen LogP contribution is -2.30. The average Bonchev–Trinajstić information content (AvgIpc) is 2.11. The first-order chi connectivity index (χ1) is 4.63. The maximum Gasteiger partial charge on any atom is 0.412 e. The van der Waals surface area contributed by atoms with E-state index in [1.54, 1.807) is 6.92 Å². The van der Waals surface area contributed by atoms with Gasteiger partial charge in [0.15, 0.2) is 0 Å². The lowest BCUT2D eigenvalue weighted by atomic mass is 10.5. The molecular formula is C6H9NO2S. The fraction of sp³-hybridized carbons (Fsp3) is 0.500. The summed E-state index contributed by atoms with van der Waals surface area (Å²) in [7, 11) is 0. The Bertz CT molecular complexity index is 190. The molecule has 0 spiro atoms. The molecule has 1 unspecified atom stereocenters. The molecule has 1 heterocycles. The number of hydrogen-bond acceptors (Lipinski definition) is 2. The molecule has 56 valence electrons. The monoisotopic (exact) mass is 159 g/mol. The predicted octanol–water partition coefficient (Wildman–Crippen LogP) is 1.92. The van der Waals surface area contributed by atoms with Crippen molar-refractivity contribution in [2.45, 2.75) is 19.2 Å². The van der Waals surface area contributed by atoms with Crippen molar-refractivity contribution in [3.05, 3.63) is 11.1 Å². The zero-order valence-electron chi connectivity index (χ0n) is 5.87. The molecule has 0 saturated carbocycles. The van der Waals surface area contributed by atoms with E-state index >= 15 is 0 Å². The van der Waals surface area contributed by atoms with E-state index in [4.69, 9.17) is 5.11 Å². The molecule has 1 amide bonds. The Morgan fingerprint density at radius 2 is 2.50 bits per heavy atom. The molecule has 1 aliphatic heterocycles. The normalized spacial score (nSPS) is 24.8. The Kier molecular flexibility index (Phi) is 1.89. The second kappa shape index (κ2) is 2.54. The zero-order chi connectivity index (χ0) is 7.72. The van der Waals surface area contributed by atoms with Crippen LogP contribution in [0.1, 0.15) is 13.8 Å². The highest BCUT2D eigenvalue weighted by molar-refractivity contribution is 8.02. The number of carboxylic acid groups (broad SMARTS) is 1. The Balaban J connectivity index is 2.74. The number of hydrogen-bond donors (Lipinski definition) is 1. The Hall–Kier alpha value is -0.640. The molecule has 1 atom stereocenters. The molecule has 1 aliphatic rings. The minimum absolute atomic E-state index is 0.0394. The van der Waals surface area contributed by atoms with Crippen LogP contribution < -0.4 is 0 Å². The molecule has 0 aliphatic carbocycles. The van der Waals surface area contributed by atoms with E-state index in [0.29, 0.717) is 0 Å². The Labute approximate surface area is 63.7 Å². The van der Waals surface area contributed by atoms with E-state index < -0.39 is 6.09 Å². The third-order valence-corrected chi connectivity index (χ3v) is 2.47. The van der Waals surface area contributed by atoms with E-state index in [1.807, 2.05) is 12.3 Å². The van der Waals surface area contributed by atoms with Crippen molar-refractivity contribution in [2.75, 3.05) is 0 Å². The van der Waals surface area contributed by atoms with Gasteiger partial charge in [-0.1, -0.05) is 0 Å². The van der Waals surface area contributed by atoms with Crippen molar-refractivity contribution in [1.82, 2.24) is 4.90 Å². The fourth-order valence-electron chi connectivity index (χ4n) is 0.908. The number of allylic oxidation sites excluding steroid dienone is 1. The molecule has 0 aromatic carbocycles. The summed E-state index contributed by atoms with van der Waals surface area (Å²) in [5, 5.41) is 10.5. The second-order valence-corrected chi connectivity index (χ2v) is 3.34. The summed E-state index contributed by atoms with van der Waals surface area (Å²) in [6.45, 7) is 3.66. The van der Waals surface area contributed by atoms with E-state index in [9.17, 15) is 4.79 Å². The number of rotatable bonds is 0. The lowest BCUT2D eigenvalue weighted by molar-refractivity contribution is 0.158. The summed E-state index contributed by atoms with van der Waals surface area (Å²) in [5.74, 6) is 0. The van der Waals surface area contributed by atoms with Crippen molar-refractivity contribution in [2.24, 2.45) is 0 Å². The molecule has 0 radical (unpaired) electrons. The first kappa shape index (κ1) is 7.47. The summed E-state index contributed by atoms with van der Waals surface area (Å²) in [4.78, 5) is 11.8. The van der Waals surface area contributed by atoms with Gasteiger partial charge in [0.1, 0.15) is 0 Å². The molecular weight excluding hydrogens is 150 g/mol. The van der Waals surface area contributed by atoms with Gasteiger partial charge in [0.25, 0.3) is 0 Å². The summed E-state index contributed by atoms with van der Waals surface area (Å²) in [5.41, 5.74) is 0.810. The molecule has 1 N–H and O–H groups in total. The summed E-state index contributed by atoms with van der Waals surface area (Å²) in [6, 6.07) is 0. The molecule has 4 heteroatoms. The van der Waals surface area contributed by atoms with Gasteiger partial charge < -0.3 is 5.11 Å². The van der Waals surface area contributed by atoms with Crippen molar-refractivity contribution >= 4 is 17.9 Å². The van der Waals surface area contributed by atoms with E-state index in [2.05, 4.69) is 0 Å². The average molecular weight is 159 g/mol. The second-order valence-electron chi connectivity index (χ2n) is 2.15. The van der Waals surface area contributed by atoms with Gasteiger partial charge in [0.05, 0.1) is 5.37 Å². The Morgan fingerprint density at radius 1 is 1.90 bits per heavy atom. The largest absolute Gasteiger partial charge is 0.465 e. The number of thioether (sulfide) groups is 1. The maximum absolute atomic E-state index is 10.5. The molecule has 1 rings (SSSR count). The van der Waals surface area contributed by atoms with Crippen molar-refractivity contribution in [3.63, 3.8) is 0 Å². The van der Waals surface area contributed by atoms with Crippen LogP contribution in [-0.4, -0.2) is 21.5 Å². The summed E-state index contributed by atoms with van der Waals surface area (Å²) >= 11 is 1.52. The number of amides is 1. The van der Waals surface area contributed by atoms with Crippen molar-refractivity contribution < 1.29 is 9.90 Å². The summed E-state index contributed by atoms with van der Waals surface area (Å²) < 4.78 is 0. The fourth-order valence-corrected chi connectivity index (χ4v) is 1.79. The van der Waals surface area contributed by atoms with Gasteiger partial charge in [-0.25, -0.2) is 4.79 Å². The van der Waals surface area contributed by atoms with Crippen LogP contribution >= 0.6 is 11.8 Å². The van der Waals surface area contributed by atoms with Crippen LogP contribution in [0.15, 0.2) is 11.1 Å². The van der Waals surface area contributed by atoms with Crippen LogP contribution in [0.3, 0.4) is 0 Å². The van der Waals surface area contributed by atoms with Crippen LogP contribution in [0.5, 0.6) is 0 Å². The van der Waals surface area contributed by atoms with Gasteiger partial charge in [0.2, 0.25) is 0 Å². The summed E-state index contributed by atoms with van der Waals surface area (Å²) in [6.07, 6.45) is -0.869. The first-order valence-corrected chi connectivity index (χ1v) is 3.91. The molecule has 0 saturated heterocycles. The van der Waals surface area contributed by atoms with Crippen LogP contribution in [-0.2, 0) is 0 Å². The molecule has 10 heavy (non-hydrogen) atoms. The van der Waals surface area contributed by atoms with Gasteiger partial charge in [-0.3, -0.25) is 4.90 Å². The van der Waals surface area contributed by atoms with Crippen LogP contribution in [0.2, 0.25) is 0 Å². The van der Waals surface area contributed by atoms with Crippen molar-refractivity contribution in [3.8, 4) is 0 Å². The highest BCUT2D eigenvalue weighted by Gasteiger charge is 2.25. The van der Waals surface area contributed by atoms with Crippen LogP contribution in [0, 0.1) is 0 Å². The van der Waals surface area contributed by atoms with Gasteiger partial charge in [0, 0.05) is 5.70 Å². The lowest BCUT2D eigenvalue weighted by Gasteiger charge is -2.18. The number of nitrogens with zero attached hydrogens (tertiary/aromatic N) is 1. The highest BCUT2D eigenvalue weighted by Crippen LogP contribution is 2.29. The highest BCUT2D eigenvalue weighted by atomic mass is 32.2. The van der Waals surface area contributed by atoms with Crippen LogP contribution in [0.4, 0.5) is 4.79 Å². The third kappa shape index (κ3) is 1.11. The van der Waals surface area contributed by atoms with E-state index in [0.717, 1.165) is 5.70 Å². The van der Waals surface area contributed by atoms with Gasteiger partial charge in [-0.15, -0.1) is 11.8 Å². The zero-order valence-corrected chi connectivity index (χ0v) is 6.68. The SMILES string of the molecule is CC1=CSC(C)N1C(=O)O. The molecule has 0 bridgehead atoms. The first-order valence-electron chi connectivity index (χ1n) is 2.97. The molecule has 0 fully saturated rings. The topological polar surface area (TPSA) is 40.5 Å². The number of carbonyl (C=O) groups is 1.